The van der Waals surface area contributed by atoms with Gasteiger partial charge in [-0.2, -0.15) is 0 Å². The lowest BCUT2D eigenvalue weighted by atomic mass is 10.2. The zero-order chi connectivity index (χ0) is 15.2. The summed E-state index contributed by atoms with van der Waals surface area (Å²) in [4.78, 5) is 6.11. The van der Waals surface area contributed by atoms with Gasteiger partial charge in [0.1, 0.15) is 0 Å². The molecule has 0 aliphatic rings. The second kappa shape index (κ2) is 7.26. The van der Waals surface area contributed by atoms with Gasteiger partial charge in [0.2, 0.25) is 0 Å². The van der Waals surface area contributed by atoms with Crippen LogP contribution in [0.5, 0.6) is 0 Å². The van der Waals surface area contributed by atoms with Gasteiger partial charge in [-0.25, -0.2) is 8.42 Å². The van der Waals surface area contributed by atoms with Crippen LogP contribution in [0.3, 0.4) is 0 Å². The Hall–Kier alpha value is -1.59. The van der Waals surface area contributed by atoms with Gasteiger partial charge in [-0.05, 0) is 23.8 Å². The third-order valence-electron chi connectivity index (χ3n) is 2.56. The van der Waals surface area contributed by atoms with E-state index in [2.05, 4.69) is 11.6 Å². The molecule has 0 unspecified atom stereocenters. The molecule has 4 nitrogen and oxygen atoms in total. The van der Waals surface area contributed by atoms with Crippen LogP contribution in [-0.4, -0.2) is 33.6 Å². The summed E-state index contributed by atoms with van der Waals surface area (Å²) in [5, 5.41) is 0. The number of halogens is 1. The average Bonchev–Trinajstić information content (AvgIpc) is 2.37. The molecule has 1 aromatic carbocycles. The van der Waals surface area contributed by atoms with Crippen LogP contribution >= 0.6 is 10.7 Å². The van der Waals surface area contributed by atoms with Crippen LogP contribution in [-0.2, 0) is 15.5 Å². The molecule has 0 saturated heterocycles. The summed E-state index contributed by atoms with van der Waals surface area (Å²) >= 11 is 0. The van der Waals surface area contributed by atoms with Crippen LogP contribution in [0.25, 0.3) is 0 Å². The first kappa shape index (κ1) is 16.5. The van der Waals surface area contributed by atoms with E-state index in [9.17, 15) is 8.42 Å². The lowest BCUT2D eigenvalue weighted by molar-refractivity contribution is 0.532. The van der Waals surface area contributed by atoms with Crippen LogP contribution in [0.15, 0.2) is 58.7 Å². The standard InChI is InChI=1S/C14H17ClN2O2S/c1-12(17(2)3)8-10-16-11-9-13-4-6-14(7-5-13)20(15,18)19/h4-8,10-11H,1,9H2,2-3H3/b10-8-,16-11?. The Labute approximate surface area is 124 Å². The molecule has 0 fully saturated rings. The summed E-state index contributed by atoms with van der Waals surface area (Å²) in [7, 11) is 5.39. The zero-order valence-electron chi connectivity index (χ0n) is 11.5. The van der Waals surface area contributed by atoms with Gasteiger partial charge in [0, 0.05) is 49.3 Å². The van der Waals surface area contributed by atoms with Crippen LogP contribution < -0.4 is 0 Å². The lowest BCUT2D eigenvalue weighted by Crippen LogP contribution is -2.07. The maximum absolute atomic E-state index is 11.1. The van der Waals surface area contributed by atoms with E-state index >= 15 is 0 Å². The highest BCUT2D eigenvalue weighted by atomic mass is 35.7. The third-order valence-corrected chi connectivity index (χ3v) is 3.93. The quantitative estimate of drug-likeness (QED) is 0.461. The van der Waals surface area contributed by atoms with Crippen molar-refractivity contribution in [1.82, 2.24) is 4.90 Å². The molecule has 0 N–H and O–H groups in total. The number of likely N-dealkylation sites (N-methyl/N-ethyl adjacent to an activating group) is 1. The van der Waals surface area contributed by atoms with Crippen molar-refractivity contribution >= 4 is 25.9 Å². The average molecular weight is 313 g/mol. The Morgan fingerprint density at radius 2 is 1.95 bits per heavy atom. The molecule has 20 heavy (non-hydrogen) atoms. The van der Waals surface area contributed by atoms with Crippen molar-refractivity contribution in [2.24, 2.45) is 4.99 Å². The van der Waals surface area contributed by atoms with E-state index in [1.165, 1.54) is 12.1 Å². The predicted octanol–water partition coefficient (Wildman–Crippen LogP) is 2.82. The van der Waals surface area contributed by atoms with E-state index in [1.807, 2.05) is 19.0 Å². The maximum Gasteiger partial charge on any atom is 0.261 e. The Balaban J connectivity index is 2.57. The molecular formula is C14H17ClN2O2S. The summed E-state index contributed by atoms with van der Waals surface area (Å²) in [5.74, 6) is 0. The van der Waals surface area contributed by atoms with E-state index in [1.54, 1.807) is 30.6 Å². The summed E-state index contributed by atoms with van der Waals surface area (Å²) in [6, 6.07) is 6.39. The van der Waals surface area contributed by atoms with E-state index in [-0.39, 0.29) is 4.90 Å². The Kier molecular flexibility index (Phi) is 5.98. The third kappa shape index (κ3) is 5.59. The summed E-state index contributed by atoms with van der Waals surface area (Å²) in [6.07, 6.45) is 5.82. The Morgan fingerprint density at radius 1 is 1.35 bits per heavy atom. The van der Waals surface area contributed by atoms with Gasteiger partial charge in [-0.3, -0.25) is 4.99 Å². The molecule has 6 heteroatoms. The van der Waals surface area contributed by atoms with Crippen molar-refractivity contribution in [3.05, 3.63) is 54.4 Å². The fraction of sp³-hybridized carbons (Fsp3) is 0.214. The highest BCUT2D eigenvalue weighted by Crippen LogP contribution is 2.15. The lowest BCUT2D eigenvalue weighted by Gasteiger charge is -2.10. The highest BCUT2D eigenvalue weighted by Gasteiger charge is 2.08. The number of hydrogen-bond acceptors (Lipinski definition) is 4. The molecule has 0 amide bonds. The zero-order valence-corrected chi connectivity index (χ0v) is 13.0. The summed E-state index contributed by atoms with van der Waals surface area (Å²) < 4.78 is 22.2. The molecule has 0 radical (unpaired) electrons. The van der Waals surface area contributed by atoms with Crippen LogP contribution in [0.1, 0.15) is 5.56 Å². The smallest absolute Gasteiger partial charge is 0.261 e. The van der Waals surface area contributed by atoms with Crippen LogP contribution in [0.4, 0.5) is 0 Å². The van der Waals surface area contributed by atoms with Gasteiger partial charge in [0.15, 0.2) is 0 Å². The molecule has 108 valence electrons. The number of allylic oxidation sites excluding steroid dienone is 1. The minimum atomic E-state index is -3.65. The second-order valence-electron chi connectivity index (χ2n) is 4.32. The molecule has 0 aromatic heterocycles. The topological polar surface area (TPSA) is 49.7 Å². The maximum atomic E-state index is 11.1. The number of hydrogen-bond donors (Lipinski definition) is 0. The molecule has 0 aliphatic carbocycles. The van der Waals surface area contributed by atoms with Crippen molar-refractivity contribution in [2.75, 3.05) is 14.1 Å². The monoisotopic (exact) mass is 312 g/mol. The summed E-state index contributed by atoms with van der Waals surface area (Å²) in [6.45, 7) is 3.84. The van der Waals surface area contributed by atoms with Gasteiger partial charge < -0.3 is 4.90 Å². The molecule has 1 aromatic rings. The number of benzene rings is 1. The first-order valence-corrected chi connectivity index (χ1v) is 8.19. The second-order valence-corrected chi connectivity index (χ2v) is 6.89. The van der Waals surface area contributed by atoms with Crippen molar-refractivity contribution in [3.8, 4) is 0 Å². The molecule has 0 aliphatic heterocycles. The minimum Gasteiger partial charge on any atom is -0.378 e. The van der Waals surface area contributed by atoms with Gasteiger partial charge >= 0.3 is 0 Å². The molecule has 1 rings (SSSR count). The number of aliphatic imine (C=N–C) groups is 1. The molecule has 0 heterocycles. The molecule has 0 atom stereocenters. The molecular weight excluding hydrogens is 296 g/mol. The predicted molar refractivity (Wildman–Crippen MR) is 83.6 cm³/mol. The Bertz CT molecular complexity index is 617. The first-order valence-electron chi connectivity index (χ1n) is 5.88. The minimum absolute atomic E-state index is 0.0991. The fourth-order valence-corrected chi connectivity index (χ4v) is 2.05. The molecule has 0 saturated carbocycles. The number of nitrogens with zero attached hydrogens (tertiary/aromatic N) is 2. The van der Waals surface area contributed by atoms with Gasteiger partial charge in [0.05, 0.1) is 4.90 Å². The van der Waals surface area contributed by atoms with Crippen molar-refractivity contribution < 1.29 is 8.42 Å². The highest BCUT2D eigenvalue weighted by molar-refractivity contribution is 8.13. The van der Waals surface area contributed by atoms with E-state index in [0.717, 1.165) is 11.3 Å². The molecule has 0 bridgehead atoms. The van der Waals surface area contributed by atoms with E-state index in [0.29, 0.717) is 6.42 Å². The van der Waals surface area contributed by atoms with Crippen molar-refractivity contribution in [1.29, 1.82) is 0 Å². The van der Waals surface area contributed by atoms with E-state index < -0.39 is 9.05 Å². The van der Waals surface area contributed by atoms with Gasteiger partial charge in [0.25, 0.3) is 9.05 Å². The van der Waals surface area contributed by atoms with Crippen LogP contribution in [0, 0.1) is 0 Å². The fourth-order valence-electron chi connectivity index (χ4n) is 1.29. The SMILES string of the molecule is C=C(/C=C\N=CCc1ccc(S(=O)(=O)Cl)cc1)N(C)C. The van der Waals surface area contributed by atoms with Gasteiger partial charge in [-0.15, -0.1) is 0 Å². The van der Waals surface area contributed by atoms with Crippen molar-refractivity contribution in [2.45, 2.75) is 11.3 Å². The first-order chi connectivity index (χ1) is 9.30. The van der Waals surface area contributed by atoms with Gasteiger partial charge in [-0.1, -0.05) is 18.7 Å². The normalized spacial score (nSPS) is 12.2. The summed E-state index contributed by atoms with van der Waals surface area (Å²) in [5.41, 5.74) is 1.82. The van der Waals surface area contributed by atoms with Crippen LogP contribution in [0.2, 0.25) is 0 Å². The number of rotatable bonds is 6. The van der Waals surface area contributed by atoms with Crippen molar-refractivity contribution in [3.63, 3.8) is 0 Å². The van der Waals surface area contributed by atoms with E-state index in [4.69, 9.17) is 10.7 Å². The largest absolute Gasteiger partial charge is 0.378 e. The Morgan fingerprint density at radius 3 is 2.45 bits per heavy atom. The molecule has 0 spiro atoms.